The summed E-state index contributed by atoms with van der Waals surface area (Å²) in [6.45, 7) is 2.09. The summed E-state index contributed by atoms with van der Waals surface area (Å²) in [5.41, 5.74) is 4.62. The van der Waals surface area contributed by atoms with Crippen LogP contribution in [0.5, 0.6) is 17.2 Å². The zero-order valence-corrected chi connectivity index (χ0v) is 15.6. The molecule has 0 saturated carbocycles. The molecular formula is C23H23O3. The first-order valence-electron chi connectivity index (χ1n) is 8.50. The number of aryl methyl sites for hydroxylation is 1. The predicted molar refractivity (Wildman–Crippen MR) is 104 cm³/mol. The molecule has 3 heteroatoms. The minimum atomic E-state index is 0.0383. The molecule has 0 aliphatic rings. The van der Waals surface area contributed by atoms with Gasteiger partial charge in [0.15, 0.2) is 0 Å². The molecule has 0 amide bonds. The van der Waals surface area contributed by atoms with E-state index >= 15 is 0 Å². The average molecular weight is 347 g/mol. The second-order valence-electron chi connectivity index (χ2n) is 6.10. The Morgan fingerprint density at radius 2 is 1.19 bits per heavy atom. The van der Waals surface area contributed by atoms with Crippen molar-refractivity contribution < 1.29 is 14.2 Å². The summed E-state index contributed by atoms with van der Waals surface area (Å²) in [7, 11) is 5.05. The van der Waals surface area contributed by atoms with Crippen LogP contribution in [0, 0.1) is 13.0 Å². The van der Waals surface area contributed by atoms with Crippen molar-refractivity contribution in [1.82, 2.24) is 0 Å². The second kappa shape index (κ2) is 7.96. The zero-order chi connectivity index (χ0) is 18.5. The normalized spacial score (nSPS) is 10.7. The van der Waals surface area contributed by atoms with E-state index in [1.54, 1.807) is 21.3 Å². The molecule has 0 spiro atoms. The molecule has 0 aliphatic heterocycles. The Bertz CT molecular complexity index is 804. The Hall–Kier alpha value is -2.94. The van der Waals surface area contributed by atoms with Crippen molar-refractivity contribution in [2.45, 2.75) is 12.8 Å². The fourth-order valence-corrected chi connectivity index (χ4v) is 3.25. The van der Waals surface area contributed by atoms with E-state index in [2.05, 4.69) is 37.3 Å². The topological polar surface area (TPSA) is 27.7 Å². The summed E-state index contributed by atoms with van der Waals surface area (Å²) in [6, 6.07) is 23.4. The minimum Gasteiger partial charge on any atom is -0.497 e. The van der Waals surface area contributed by atoms with Crippen molar-refractivity contribution in [1.29, 1.82) is 0 Å². The van der Waals surface area contributed by atoms with Gasteiger partial charge in [0.05, 0.1) is 21.3 Å². The van der Waals surface area contributed by atoms with Crippen molar-refractivity contribution in [3.63, 3.8) is 0 Å². The Morgan fingerprint density at radius 1 is 0.692 bits per heavy atom. The number of hydrogen-bond donors (Lipinski definition) is 0. The van der Waals surface area contributed by atoms with Crippen LogP contribution in [0.1, 0.15) is 28.2 Å². The Kier molecular flexibility index (Phi) is 5.47. The van der Waals surface area contributed by atoms with E-state index in [1.807, 2.05) is 36.4 Å². The van der Waals surface area contributed by atoms with Crippen molar-refractivity contribution >= 4 is 0 Å². The smallest absolute Gasteiger partial charge is 0.123 e. The number of methoxy groups -OCH3 is 3. The van der Waals surface area contributed by atoms with Crippen LogP contribution in [0.15, 0.2) is 60.7 Å². The van der Waals surface area contributed by atoms with Crippen molar-refractivity contribution in [3.8, 4) is 17.2 Å². The zero-order valence-electron chi connectivity index (χ0n) is 15.6. The standard InChI is InChI=1S/C23H23O3/c1-16-6-5-7-21(26-4)22(16)23(17-8-12-19(24-2)13-9-17)18-10-14-20(25-3)15-11-18/h6-15,23H,1-4H3. The van der Waals surface area contributed by atoms with Gasteiger partial charge in [-0.15, -0.1) is 0 Å². The van der Waals surface area contributed by atoms with Crippen LogP contribution in [0.2, 0.25) is 0 Å². The predicted octanol–water partition coefficient (Wildman–Crippen LogP) is 5.00. The van der Waals surface area contributed by atoms with Gasteiger partial charge in [0, 0.05) is 11.5 Å². The van der Waals surface area contributed by atoms with Crippen LogP contribution in [-0.4, -0.2) is 21.3 Å². The molecule has 26 heavy (non-hydrogen) atoms. The van der Waals surface area contributed by atoms with Gasteiger partial charge in [0.25, 0.3) is 0 Å². The Morgan fingerprint density at radius 3 is 1.62 bits per heavy atom. The van der Waals surface area contributed by atoms with Gasteiger partial charge < -0.3 is 14.2 Å². The maximum Gasteiger partial charge on any atom is 0.123 e. The molecule has 0 unspecified atom stereocenters. The summed E-state index contributed by atoms with van der Waals surface area (Å²) >= 11 is 0. The lowest BCUT2D eigenvalue weighted by Gasteiger charge is -2.23. The van der Waals surface area contributed by atoms with Crippen molar-refractivity contribution in [3.05, 3.63) is 89.0 Å². The fraction of sp³-hybridized carbons (Fsp3) is 0.217. The molecule has 3 nitrogen and oxygen atoms in total. The maximum absolute atomic E-state index is 5.66. The molecule has 0 bridgehead atoms. The van der Waals surface area contributed by atoms with Gasteiger partial charge in [-0.05, 0) is 60.0 Å². The number of rotatable bonds is 6. The second-order valence-corrected chi connectivity index (χ2v) is 6.10. The van der Waals surface area contributed by atoms with E-state index in [9.17, 15) is 0 Å². The van der Waals surface area contributed by atoms with Gasteiger partial charge in [-0.1, -0.05) is 30.3 Å². The highest BCUT2D eigenvalue weighted by molar-refractivity contribution is 5.53. The first kappa shape index (κ1) is 17.9. The molecule has 3 aromatic carbocycles. The quantitative estimate of drug-likeness (QED) is 0.587. The highest BCUT2D eigenvalue weighted by Crippen LogP contribution is 2.39. The number of hydrogen-bond acceptors (Lipinski definition) is 3. The highest BCUT2D eigenvalue weighted by Gasteiger charge is 2.22. The lowest BCUT2D eigenvalue weighted by molar-refractivity contribution is 0.408. The SMILES string of the molecule is COc1ccc(C(c2ccc(OC)cc2)c2c(C)c[c]cc2OC)cc1. The van der Waals surface area contributed by atoms with Crippen molar-refractivity contribution in [2.75, 3.05) is 21.3 Å². The van der Waals surface area contributed by atoms with Crippen LogP contribution in [0.25, 0.3) is 0 Å². The monoisotopic (exact) mass is 347 g/mol. The molecular weight excluding hydrogens is 324 g/mol. The van der Waals surface area contributed by atoms with Crippen LogP contribution in [0.3, 0.4) is 0 Å². The number of ether oxygens (including phenoxy) is 3. The van der Waals surface area contributed by atoms with Gasteiger partial charge in [-0.25, -0.2) is 0 Å². The molecule has 0 N–H and O–H groups in total. The van der Waals surface area contributed by atoms with Gasteiger partial charge in [0.1, 0.15) is 17.2 Å². The summed E-state index contributed by atoms with van der Waals surface area (Å²) < 4.78 is 16.3. The largest absolute Gasteiger partial charge is 0.497 e. The molecule has 0 heterocycles. The molecule has 0 fully saturated rings. The highest BCUT2D eigenvalue weighted by atomic mass is 16.5. The molecule has 0 aliphatic carbocycles. The van der Waals surface area contributed by atoms with Crippen LogP contribution in [0.4, 0.5) is 0 Å². The minimum absolute atomic E-state index is 0.0383. The summed E-state index contributed by atoms with van der Waals surface area (Å²) in [6.07, 6.45) is 0. The Balaban J connectivity index is 2.18. The maximum atomic E-state index is 5.66. The molecule has 133 valence electrons. The number of benzene rings is 3. The third-order valence-electron chi connectivity index (χ3n) is 4.61. The summed E-state index contributed by atoms with van der Waals surface area (Å²) in [5.74, 6) is 2.55. The van der Waals surface area contributed by atoms with Gasteiger partial charge in [-0.3, -0.25) is 0 Å². The average Bonchev–Trinajstić information content (AvgIpc) is 2.70. The summed E-state index contributed by atoms with van der Waals surface area (Å²) in [5, 5.41) is 0. The van der Waals surface area contributed by atoms with Crippen LogP contribution < -0.4 is 14.2 Å². The first-order valence-corrected chi connectivity index (χ1v) is 8.50. The van der Waals surface area contributed by atoms with Crippen molar-refractivity contribution in [2.24, 2.45) is 0 Å². The molecule has 1 radical (unpaired) electrons. The first-order chi connectivity index (χ1) is 12.7. The third-order valence-corrected chi connectivity index (χ3v) is 4.61. The molecule has 0 atom stereocenters. The third kappa shape index (κ3) is 3.52. The van der Waals surface area contributed by atoms with Crippen LogP contribution >= 0.6 is 0 Å². The van der Waals surface area contributed by atoms with Gasteiger partial charge in [0.2, 0.25) is 0 Å². The lowest BCUT2D eigenvalue weighted by atomic mass is 9.82. The van der Waals surface area contributed by atoms with E-state index in [0.29, 0.717) is 0 Å². The molecule has 3 rings (SSSR count). The van der Waals surface area contributed by atoms with Crippen LogP contribution in [-0.2, 0) is 0 Å². The van der Waals surface area contributed by atoms with E-state index in [4.69, 9.17) is 14.2 Å². The van der Waals surface area contributed by atoms with E-state index < -0.39 is 0 Å². The molecule has 0 saturated heterocycles. The van der Waals surface area contributed by atoms with Gasteiger partial charge in [-0.2, -0.15) is 0 Å². The molecule has 3 aromatic rings. The lowest BCUT2D eigenvalue weighted by Crippen LogP contribution is -2.07. The van der Waals surface area contributed by atoms with E-state index in [1.165, 1.54) is 11.1 Å². The summed E-state index contributed by atoms with van der Waals surface area (Å²) in [4.78, 5) is 0. The fourth-order valence-electron chi connectivity index (χ4n) is 3.25. The van der Waals surface area contributed by atoms with Gasteiger partial charge >= 0.3 is 0 Å². The van der Waals surface area contributed by atoms with E-state index in [0.717, 1.165) is 28.4 Å². The van der Waals surface area contributed by atoms with E-state index in [-0.39, 0.29) is 5.92 Å². The Labute approximate surface area is 155 Å². The molecule has 0 aromatic heterocycles.